The highest BCUT2D eigenvalue weighted by molar-refractivity contribution is 6.30. The molecule has 3 aromatic carbocycles. The summed E-state index contributed by atoms with van der Waals surface area (Å²) >= 11 is 6.10. The molecule has 6 nitrogen and oxygen atoms in total. The van der Waals surface area contributed by atoms with Crippen LogP contribution in [0.4, 0.5) is 13.2 Å². The Morgan fingerprint density at radius 2 is 1.70 bits per heavy atom. The first kappa shape index (κ1) is 26.5. The standard InChI is InChI=1S/C27H24ClF3N2O4/c1-36-26(35)20-4-2-3-19(15-20)24(17-5-9-21(28)10-6-17)33-14-13-22(16-33)32-25(34)18-7-11-23(12-8-18)37-27(29,30)31/h2-12,15,22,24H,13-14,16H2,1H3,(H,32,34)/t22-,24?/m1/s1. The van der Waals surface area contributed by atoms with Gasteiger partial charge < -0.3 is 14.8 Å². The zero-order valence-corrected chi connectivity index (χ0v) is 20.6. The zero-order valence-electron chi connectivity index (χ0n) is 19.8. The highest BCUT2D eigenvalue weighted by atomic mass is 35.5. The minimum Gasteiger partial charge on any atom is -0.465 e. The van der Waals surface area contributed by atoms with Gasteiger partial charge in [-0.05, 0) is 66.1 Å². The molecule has 1 unspecified atom stereocenters. The molecule has 1 amide bonds. The van der Waals surface area contributed by atoms with Gasteiger partial charge in [0.15, 0.2) is 0 Å². The second-order valence-electron chi connectivity index (χ2n) is 8.60. The van der Waals surface area contributed by atoms with Crippen LogP contribution in [-0.4, -0.2) is 49.4 Å². The summed E-state index contributed by atoms with van der Waals surface area (Å²) in [7, 11) is 1.33. The minimum atomic E-state index is -4.80. The lowest BCUT2D eigenvalue weighted by atomic mass is 9.96. The molecule has 3 aromatic rings. The molecule has 1 heterocycles. The van der Waals surface area contributed by atoms with Crippen molar-refractivity contribution in [3.05, 3.63) is 100 Å². The van der Waals surface area contributed by atoms with Crippen LogP contribution in [0.1, 0.15) is 44.3 Å². The van der Waals surface area contributed by atoms with E-state index in [0.717, 1.165) is 23.3 Å². The predicted molar refractivity (Wildman–Crippen MR) is 132 cm³/mol. The van der Waals surface area contributed by atoms with E-state index in [9.17, 15) is 22.8 Å². The topological polar surface area (TPSA) is 67.9 Å². The summed E-state index contributed by atoms with van der Waals surface area (Å²) in [4.78, 5) is 27.1. The molecule has 1 N–H and O–H groups in total. The fourth-order valence-electron chi connectivity index (χ4n) is 4.43. The largest absolute Gasteiger partial charge is 0.573 e. The fraction of sp³-hybridized carbons (Fsp3) is 0.259. The number of amides is 1. The molecule has 194 valence electrons. The first-order valence-corrected chi connectivity index (χ1v) is 11.9. The summed E-state index contributed by atoms with van der Waals surface area (Å²) in [5.74, 6) is -1.22. The van der Waals surface area contributed by atoms with Crippen LogP contribution in [0.25, 0.3) is 0 Å². The van der Waals surface area contributed by atoms with E-state index in [1.807, 2.05) is 18.2 Å². The van der Waals surface area contributed by atoms with Crippen molar-refractivity contribution >= 4 is 23.5 Å². The summed E-state index contributed by atoms with van der Waals surface area (Å²) in [6.45, 7) is 1.19. The highest BCUT2D eigenvalue weighted by Gasteiger charge is 2.32. The van der Waals surface area contributed by atoms with Crippen molar-refractivity contribution in [1.82, 2.24) is 10.2 Å². The third kappa shape index (κ3) is 6.81. The van der Waals surface area contributed by atoms with Crippen molar-refractivity contribution in [1.29, 1.82) is 0 Å². The van der Waals surface area contributed by atoms with Crippen LogP contribution in [0, 0.1) is 0 Å². The number of alkyl halides is 3. The molecule has 0 aromatic heterocycles. The highest BCUT2D eigenvalue weighted by Crippen LogP contribution is 2.33. The van der Waals surface area contributed by atoms with E-state index in [2.05, 4.69) is 15.0 Å². The van der Waals surface area contributed by atoms with Gasteiger partial charge in [0.25, 0.3) is 5.91 Å². The molecule has 1 fully saturated rings. The Labute approximate surface area is 216 Å². The zero-order chi connectivity index (χ0) is 26.6. The van der Waals surface area contributed by atoms with Crippen LogP contribution < -0.4 is 10.1 Å². The maximum Gasteiger partial charge on any atom is 0.573 e. The first-order valence-electron chi connectivity index (χ1n) is 11.5. The number of benzene rings is 3. The normalized spacial score (nSPS) is 16.7. The van der Waals surface area contributed by atoms with E-state index in [1.54, 1.807) is 30.3 Å². The smallest absolute Gasteiger partial charge is 0.465 e. The molecule has 37 heavy (non-hydrogen) atoms. The molecule has 0 aliphatic carbocycles. The quantitative estimate of drug-likeness (QED) is 0.400. The SMILES string of the molecule is COC(=O)c1cccc(C(c2ccc(Cl)cc2)N2CC[C@@H](NC(=O)c3ccc(OC(F)(F)F)cc3)C2)c1. The Balaban J connectivity index is 1.50. The number of halogens is 4. The number of nitrogens with zero attached hydrogens (tertiary/aromatic N) is 1. The number of methoxy groups -OCH3 is 1. The number of carbonyl (C=O) groups excluding carboxylic acids is 2. The maximum atomic E-state index is 12.7. The number of hydrogen-bond acceptors (Lipinski definition) is 5. The molecule has 1 aliphatic rings. The molecule has 1 aliphatic heterocycles. The van der Waals surface area contributed by atoms with Gasteiger partial charge in [-0.3, -0.25) is 9.69 Å². The van der Waals surface area contributed by atoms with Gasteiger partial charge in [0.2, 0.25) is 0 Å². The average molecular weight is 533 g/mol. The third-order valence-electron chi connectivity index (χ3n) is 6.08. The fourth-order valence-corrected chi connectivity index (χ4v) is 4.56. The number of nitrogens with one attached hydrogen (secondary N) is 1. The first-order chi connectivity index (χ1) is 17.6. The Morgan fingerprint density at radius 3 is 2.35 bits per heavy atom. The number of ether oxygens (including phenoxy) is 2. The van der Waals surface area contributed by atoms with Crippen LogP contribution in [0.5, 0.6) is 5.75 Å². The molecule has 2 atom stereocenters. The van der Waals surface area contributed by atoms with E-state index in [-0.39, 0.29) is 23.6 Å². The molecular formula is C27H24ClF3N2O4. The molecule has 0 radical (unpaired) electrons. The molecule has 0 spiro atoms. The van der Waals surface area contributed by atoms with Gasteiger partial charge in [-0.25, -0.2) is 4.79 Å². The van der Waals surface area contributed by atoms with Gasteiger partial charge >= 0.3 is 12.3 Å². The number of likely N-dealkylation sites (tertiary alicyclic amines) is 1. The lowest BCUT2D eigenvalue weighted by Gasteiger charge is -2.29. The van der Waals surface area contributed by atoms with Crippen LogP contribution in [-0.2, 0) is 4.74 Å². The molecule has 10 heteroatoms. The number of carbonyl (C=O) groups is 2. The molecule has 0 bridgehead atoms. The Bertz CT molecular complexity index is 1250. The summed E-state index contributed by atoms with van der Waals surface area (Å²) in [6, 6.07) is 19.1. The van der Waals surface area contributed by atoms with Gasteiger partial charge in [-0.15, -0.1) is 13.2 Å². The van der Waals surface area contributed by atoms with E-state index in [4.69, 9.17) is 16.3 Å². The van der Waals surface area contributed by atoms with Crippen LogP contribution in [0.2, 0.25) is 5.02 Å². The maximum absolute atomic E-state index is 12.7. The van der Waals surface area contributed by atoms with Gasteiger partial charge in [0, 0.05) is 29.7 Å². The predicted octanol–water partition coefficient (Wildman–Crippen LogP) is 5.62. The number of hydrogen-bond donors (Lipinski definition) is 1. The Kier molecular flexibility index (Phi) is 8.04. The summed E-state index contributed by atoms with van der Waals surface area (Å²) in [6.07, 6.45) is -4.13. The summed E-state index contributed by atoms with van der Waals surface area (Å²) in [5.41, 5.74) is 2.52. The molecule has 4 rings (SSSR count). The summed E-state index contributed by atoms with van der Waals surface area (Å²) < 4.78 is 45.9. The van der Waals surface area contributed by atoms with Crippen LogP contribution in [0.15, 0.2) is 72.8 Å². The number of esters is 1. The van der Waals surface area contributed by atoms with Gasteiger partial charge in [0.1, 0.15) is 5.75 Å². The van der Waals surface area contributed by atoms with Gasteiger partial charge in [-0.2, -0.15) is 0 Å². The number of rotatable bonds is 7. The van der Waals surface area contributed by atoms with E-state index in [0.29, 0.717) is 30.1 Å². The minimum absolute atomic E-state index is 0.183. The van der Waals surface area contributed by atoms with Gasteiger partial charge in [0.05, 0.1) is 18.7 Å². The lowest BCUT2D eigenvalue weighted by Crippen LogP contribution is -2.38. The van der Waals surface area contributed by atoms with Crippen molar-refractivity contribution < 1.29 is 32.2 Å². The van der Waals surface area contributed by atoms with E-state index < -0.39 is 18.1 Å². The summed E-state index contributed by atoms with van der Waals surface area (Å²) in [5, 5.41) is 3.56. The van der Waals surface area contributed by atoms with Crippen molar-refractivity contribution in [2.24, 2.45) is 0 Å². The molecular weight excluding hydrogens is 509 g/mol. The van der Waals surface area contributed by atoms with Crippen LogP contribution >= 0.6 is 11.6 Å². The van der Waals surface area contributed by atoms with Crippen molar-refractivity contribution in [2.45, 2.75) is 24.9 Å². The second-order valence-corrected chi connectivity index (χ2v) is 9.03. The van der Waals surface area contributed by atoms with Crippen LogP contribution in [0.3, 0.4) is 0 Å². The van der Waals surface area contributed by atoms with Crippen molar-refractivity contribution in [2.75, 3.05) is 20.2 Å². The molecule has 1 saturated heterocycles. The second kappa shape index (κ2) is 11.2. The van der Waals surface area contributed by atoms with E-state index in [1.165, 1.54) is 19.2 Å². The van der Waals surface area contributed by atoms with Gasteiger partial charge in [-0.1, -0.05) is 35.9 Å². The van der Waals surface area contributed by atoms with Crippen molar-refractivity contribution in [3.8, 4) is 5.75 Å². The monoisotopic (exact) mass is 532 g/mol. The molecule has 0 saturated carbocycles. The Hall–Kier alpha value is -3.56. The van der Waals surface area contributed by atoms with Crippen molar-refractivity contribution in [3.63, 3.8) is 0 Å². The lowest BCUT2D eigenvalue weighted by molar-refractivity contribution is -0.274. The average Bonchev–Trinajstić information content (AvgIpc) is 3.32. The Morgan fingerprint density at radius 1 is 1.00 bits per heavy atom. The van der Waals surface area contributed by atoms with E-state index >= 15 is 0 Å². The third-order valence-corrected chi connectivity index (χ3v) is 6.33.